The number of amides is 1. The van der Waals surface area contributed by atoms with Gasteiger partial charge < -0.3 is 19.5 Å². The van der Waals surface area contributed by atoms with Crippen LogP contribution in [0, 0.1) is 13.8 Å². The van der Waals surface area contributed by atoms with E-state index in [0.717, 1.165) is 5.56 Å². The molecule has 10 heteroatoms. The molecule has 4 rings (SSSR count). The molecular formula is C25H24N2O7S. The number of nitrogens with one attached hydrogen (secondary N) is 2. The van der Waals surface area contributed by atoms with Crippen molar-refractivity contribution in [3.05, 3.63) is 77.4 Å². The van der Waals surface area contributed by atoms with Crippen LogP contribution in [-0.2, 0) is 19.6 Å². The van der Waals surface area contributed by atoms with Gasteiger partial charge in [0.05, 0.1) is 10.5 Å². The molecule has 0 spiro atoms. The van der Waals surface area contributed by atoms with Crippen molar-refractivity contribution in [2.45, 2.75) is 18.7 Å². The zero-order valence-corrected chi connectivity index (χ0v) is 20.0. The lowest BCUT2D eigenvalue weighted by molar-refractivity contribution is -0.119. The Balaban J connectivity index is 1.32. The molecule has 1 aliphatic rings. The maximum absolute atomic E-state index is 12.7. The van der Waals surface area contributed by atoms with E-state index in [9.17, 15) is 18.0 Å². The topological polar surface area (TPSA) is 120 Å². The van der Waals surface area contributed by atoms with Gasteiger partial charge in [-0.3, -0.25) is 9.52 Å². The first-order valence-corrected chi connectivity index (χ1v) is 12.3. The van der Waals surface area contributed by atoms with E-state index < -0.39 is 28.5 Å². The SMILES string of the molecule is Cc1ccc(C)c(S(=O)(=O)Nc2ccc(C(=O)OCC(=O)Nc3ccc4c(c3)OCCO4)cc2)c1. The van der Waals surface area contributed by atoms with Gasteiger partial charge >= 0.3 is 5.97 Å². The third-order valence-electron chi connectivity index (χ3n) is 5.17. The summed E-state index contributed by atoms with van der Waals surface area (Å²) in [4.78, 5) is 24.7. The number of anilines is 2. The van der Waals surface area contributed by atoms with Crippen molar-refractivity contribution in [3.8, 4) is 11.5 Å². The van der Waals surface area contributed by atoms with Crippen LogP contribution in [0.15, 0.2) is 65.6 Å². The van der Waals surface area contributed by atoms with Crippen molar-refractivity contribution in [2.75, 3.05) is 29.9 Å². The van der Waals surface area contributed by atoms with Crippen LogP contribution < -0.4 is 19.5 Å². The monoisotopic (exact) mass is 496 g/mol. The summed E-state index contributed by atoms with van der Waals surface area (Å²) in [5, 5.41) is 2.63. The van der Waals surface area contributed by atoms with Gasteiger partial charge in [-0.1, -0.05) is 12.1 Å². The molecule has 0 unspecified atom stereocenters. The molecule has 0 atom stereocenters. The van der Waals surface area contributed by atoms with E-state index >= 15 is 0 Å². The van der Waals surface area contributed by atoms with Gasteiger partial charge in [-0.2, -0.15) is 0 Å². The van der Waals surface area contributed by atoms with Gasteiger partial charge in [0.15, 0.2) is 18.1 Å². The molecule has 0 aliphatic carbocycles. The second kappa shape index (κ2) is 10.1. The average Bonchev–Trinajstić information content (AvgIpc) is 2.84. The molecule has 0 bridgehead atoms. The van der Waals surface area contributed by atoms with E-state index in [-0.39, 0.29) is 10.5 Å². The molecule has 1 amide bonds. The molecule has 9 nitrogen and oxygen atoms in total. The highest BCUT2D eigenvalue weighted by atomic mass is 32.2. The van der Waals surface area contributed by atoms with Gasteiger partial charge in [0.25, 0.3) is 15.9 Å². The number of carbonyl (C=O) groups is 2. The van der Waals surface area contributed by atoms with Crippen LogP contribution in [0.25, 0.3) is 0 Å². The Morgan fingerprint density at radius 3 is 2.31 bits per heavy atom. The number of hydrogen-bond donors (Lipinski definition) is 2. The highest BCUT2D eigenvalue weighted by Gasteiger charge is 2.18. The largest absolute Gasteiger partial charge is 0.486 e. The molecule has 182 valence electrons. The second-order valence-corrected chi connectivity index (χ2v) is 9.59. The molecule has 1 heterocycles. The number of fused-ring (bicyclic) bond motifs is 1. The number of benzene rings is 3. The molecule has 0 aromatic heterocycles. The van der Waals surface area contributed by atoms with Crippen LogP contribution in [0.1, 0.15) is 21.5 Å². The average molecular weight is 497 g/mol. The molecule has 0 saturated heterocycles. The Labute approximate surface area is 203 Å². The second-order valence-electron chi connectivity index (χ2n) is 7.93. The Bertz CT molecular complexity index is 1370. The molecule has 2 N–H and O–H groups in total. The number of aryl methyl sites for hydroxylation is 2. The zero-order chi connectivity index (χ0) is 25.0. The number of carbonyl (C=O) groups excluding carboxylic acids is 2. The third kappa shape index (κ3) is 5.90. The first-order chi connectivity index (χ1) is 16.7. The van der Waals surface area contributed by atoms with Gasteiger partial charge in [0.1, 0.15) is 13.2 Å². The van der Waals surface area contributed by atoms with Crippen LogP contribution in [0.2, 0.25) is 0 Å². The van der Waals surface area contributed by atoms with Crippen LogP contribution in [0.3, 0.4) is 0 Å². The molecule has 1 aliphatic heterocycles. The van der Waals surface area contributed by atoms with E-state index in [1.807, 2.05) is 13.0 Å². The van der Waals surface area contributed by atoms with Gasteiger partial charge in [-0.15, -0.1) is 0 Å². The Morgan fingerprint density at radius 2 is 1.57 bits per heavy atom. The summed E-state index contributed by atoms with van der Waals surface area (Å²) in [7, 11) is -3.79. The predicted molar refractivity (Wildman–Crippen MR) is 130 cm³/mol. The number of hydrogen-bond acceptors (Lipinski definition) is 7. The lowest BCUT2D eigenvalue weighted by atomic mass is 10.2. The molecular weight excluding hydrogens is 472 g/mol. The van der Waals surface area contributed by atoms with Crippen molar-refractivity contribution in [1.82, 2.24) is 0 Å². The van der Waals surface area contributed by atoms with E-state index in [4.69, 9.17) is 14.2 Å². The van der Waals surface area contributed by atoms with Crippen LogP contribution in [-0.4, -0.2) is 40.1 Å². The van der Waals surface area contributed by atoms with Crippen molar-refractivity contribution in [1.29, 1.82) is 0 Å². The molecule has 0 fully saturated rings. The molecule has 3 aromatic rings. The fourth-order valence-electron chi connectivity index (χ4n) is 3.41. The van der Waals surface area contributed by atoms with E-state index in [1.165, 1.54) is 24.3 Å². The molecule has 3 aromatic carbocycles. The highest BCUT2D eigenvalue weighted by Crippen LogP contribution is 2.32. The fraction of sp³-hybridized carbons (Fsp3) is 0.200. The van der Waals surface area contributed by atoms with Gasteiger partial charge in [0, 0.05) is 17.4 Å². The first kappa shape index (κ1) is 24.1. The van der Waals surface area contributed by atoms with Crippen LogP contribution in [0.4, 0.5) is 11.4 Å². The normalized spacial score (nSPS) is 12.5. The summed E-state index contributed by atoms with van der Waals surface area (Å²) in [5.41, 5.74) is 2.39. The van der Waals surface area contributed by atoms with Crippen LogP contribution in [0.5, 0.6) is 11.5 Å². The zero-order valence-electron chi connectivity index (χ0n) is 19.2. The first-order valence-electron chi connectivity index (χ1n) is 10.8. The summed E-state index contributed by atoms with van der Waals surface area (Å²) in [6.45, 7) is 3.93. The van der Waals surface area contributed by atoms with Gasteiger partial charge in [0.2, 0.25) is 0 Å². The van der Waals surface area contributed by atoms with E-state index in [0.29, 0.717) is 41.7 Å². The Kier molecular flexibility index (Phi) is 6.92. The van der Waals surface area contributed by atoms with E-state index in [1.54, 1.807) is 37.3 Å². The highest BCUT2D eigenvalue weighted by molar-refractivity contribution is 7.92. The van der Waals surface area contributed by atoms with Gasteiger partial charge in [-0.25, -0.2) is 13.2 Å². The van der Waals surface area contributed by atoms with Crippen molar-refractivity contribution in [2.24, 2.45) is 0 Å². The van der Waals surface area contributed by atoms with Crippen molar-refractivity contribution < 1.29 is 32.2 Å². The van der Waals surface area contributed by atoms with Crippen molar-refractivity contribution in [3.63, 3.8) is 0 Å². The minimum atomic E-state index is -3.79. The lowest BCUT2D eigenvalue weighted by Crippen LogP contribution is -2.21. The predicted octanol–water partition coefficient (Wildman–Crippen LogP) is 3.67. The number of sulfonamides is 1. The standard InChI is InChI=1S/C25H24N2O7S/c1-16-3-4-17(2)23(13-16)35(30,31)27-19-7-5-18(6-8-19)25(29)34-15-24(28)26-20-9-10-21-22(14-20)33-12-11-32-21/h3-10,13-14,27H,11-12,15H2,1-2H3,(H,26,28). The number of esters is 1. The van der Waals surface area contributed by atoms with Crippen LogP contribution >= 0.6 is 0 Å². The number of rotatable bonds is 7. The molecule has 0 saturated carbocycles. The Hall–Kier alpha value is -4.05. The number of ether oxygens (including phenoxy) is 3. The third-order valence-corrected chi connectivity index (χ3v) is 6.69. The molecule has 0 radical (unpaired) electrons. The quantitative estimate of drug-likeness (QED) is 0.479. The van der Waals surface area contributed by atoms with E-state index in [2.05, 4.69) is 10.0 Å². The minimum Gasteiger partial charge on any atom is -0.486 e. The summed E-state index contributed by atoms with van der Waals surface area (Å²) in [6.07, 6.45) is 0. The lowest BCUT2D eigenvalue weighted by Gasteiger charge is -2.19. The minimum absolute atomic E-state index is 0.173. The summed E-state index contributed by atoms with van der Waals surface area (Å²) < 4.78 is 44.0. The smallest absolute Gasteiger partial charge is 0.338 e. The maximum atomic E-state index is 12.7. The Morgan fingerprint density at radius 1 is 0.886 bits per heavy atom. The summed E-state index contributed by atoms with van der Waals surface area (Å²) in [5.74, 6) is -0.112. The fourth-order valence-corrected chi connectivity index (χ4v) is 4.80. The summed E-state index contributed by atoms with van der Waals surface area (Å²) >= 11 is 0. The summed E-state index contributed by atoms with van der Waals surface area (Å²) in [6, 6.07) is 15.9. The van der Waals surface area contributed by atoms with Gasteiger partial charge in [-0.05, 0) is 67.4 Å². The molecule has 35 heavy (non-hydrogen) atoms. The maximum Gasteiger partial charge on any atom is 0.338 e. The van der Waals surface area contributed by atoms with Crippen molar-refractivity contribution >= 4 is 33.3 Å².